The van der Waals surface area contributed by atoms with Crippen LogP contribution in [0.5, 0.6) is 5.75 Å². The van der Waals surface area contributed by atoms with Gasteiger partial charge in [-0.3, -0.25) is 9.36 Å². The highest BCUT2D eigenvalue weighted by Crippen LogP contribution is 2.36. The molecule has 1 aliphatic heterocycles. The minimum Gasteiger partial charge on any atom is -0.496 e. The summed E-state index contributed by atoms with van der Waals surface area (Å²) in [5, 5.41) is 0. The summed E-state index contributed by atoms with van der Waals surface area (Å²) in [6.07, 6.45) is 3.28. The highest BCUT2D eigenvalue weighted by Gasteiger charge is 2.35. The standard InChI is InChI=1S/C27H28N2O4S/c1-5-9-20-23(26(31)33-6-2)24(19-10-7-8-11-21(19)32-4)29-25(30)22(34-27(29)28-20)16-18-14-12-17(3)13-15-18/h7-8,10-16,24H,5-6,9H2,1-4H3/b22-16-. The third-order valence-electron chi connectivity index (χ3n) is 5.70. The summed E-state index contributed by atoms with van der Waals surface area (Å²) in [7, 11) is 1.58. The van der Waals surface area contributed by atoms with E-state index in [1.165, 1.54) is 11.3 Å². The maximum Gasteiger partial charge on any atom is 0.338 e. The number of rotatable bonds is 7. The lowest BCUT2D eigenvalue weighted by molar-refractivity contribution is -0.139. The van der Waals surface area contributed by atoms with Crippen LogP contribution in [0.4, 0.5) is 0 Å². The monoisotopic (exact) mass is 476 g/mol. The smallest absolute Gasteiger partial charge is 0.338 e. The van der Waals surface area contributed by atoms with E-state index in [1.807, 2.05) is 68.5 Å². The first-order chi connectivity index (χ1) is 16.5. The second-order valence-corrected chi connectivity index (χ2v) is 9.08. The molecule has 0 N–H and O–H groups in total. The fourth-order valence-corrected chi connectivity index (χ4v) is 5.14. The first kappa shape index (κ1) is 23.7. The fourth-order valence-electron chi connectivity index (χ4n) is 4.12. The molecule has 1 aromatic heterocycles. The number of ether oxygens (including phenoxy) is 2. The van der Waals surface area contributed by atoms with Crippen molar-refractivity contribution in [3.63, 3.8) is 0 Å². The van der Waals surface area contributed by atoms with E-state index >= 15 is 0 Å². The molecule has 0 spiro atoms. The van der Waals surface area contributed by atoms with Gasteiger partial charge in [-0.25, -0.2) is 9.79 Å². The molecule has 2 heterocycles. The van der Waals surface area contributed by atoms with Crippen LogP contribution in [0.2, 0.25) is 0 Å². The van der Waals surface area contributed by atoms with E-state index in [9.17, 15) is 9.59 Å². The number of thiazole rings is 1. The van der Waals surface area contributed by atoms with Crippen LogP contribution in [-0.2, 0) is 9.53 Å². The van der Waals surface area contributed by atoms with Gasteiger partial charge in [0.25, 0.3) is 5.56 Å². The van der Waals surface area contributed by atoms with E-state index in [4.69, 9.17) is 14.5 Å². The molecule has 176 valence electrons. The molecule has 0 fully saturated rings. The molecule has 34 heavy (non-hydrogen) atoms. The Bertz CT molecular complexity index is 1410. The van der Waals surface area contributed by atoms with E-state index in [0.717, 1.165) is 23.1 Å². The van der Waals surface area contributed by atoms with Gasteiger partial charge in [-0.2, -0.15) is 0 Å². The Labute approximate surface area is 202 Å². The lowest BCUT2D eigenvalue weighted by Crippen LogP contribution is -2.40. The Kier molecular flexibility index (Phi) is 7.12. The zero-order valence-corrected chi connectivity index (χ0v) is 20.6. The van der Waals surface area contributed by atoms with Crippen LogP contribution in [0, 0.1) is 6.92 Å². The molecule has 0 bridgehead atoms. The molecule has 1 unspecified atom stereocenters. The quantitative estimate of drug-likeness (QED) is 0.485. The molecule has 1 aliphatic rings. The number of benzene rings is 2. The van der Waals surface area contributed by atoms with Crippen LogP contribution < -0.4 is 19.6 Å². The number of methoxy groups -OCH3 is 1. The molecule has 2 aromatic carbocycles. The molecule has 3 aromatic rings. The number of allylic oxidation sites excluding steroid dienone is 1. The van der Waals surface area contributed by atoms with Gasteiger partial charge in [-0.05, 0) is 38.0 Å². The molecule has 1 atom stereocenters. The maximum absolute atomic E-state index is 13.7. The summed E-state index contributed by atoms with van der Waals surface area (Å²) in [6, 6.07) is 14.8. The Morgan fingerprint density at radius 1 is 1.15 bits per heavy atom. The zero-order chi connectivity index (χ0) is 24.2. The van der Waals surface area contributed by atoms with Gasteiger partial charge in [0, 0.05) is 5.56 Å². The average Bonchev–Trinajstić information content (AvgIpc) is 3.14. The third-order valence-corrected chi connectivity index (χ3v) is 6.68. The van der Waals surface area contributed by atoms with Gasteiger partial charge >= 0.3 is 5.97 Å². The molecule has 6 nitrogen and oxygen atoms in total. The number of carbonyl (C=O) groups is 1. The highest BCUT2D eigenvalue weighted by atomic mass is 32.1. The Morgan fingerprint density at radius 3 is 2.56 bits per heavy atom. The normalized spacial score (nSPS) is 15.6. The second kappa shape index (κ2) is 10.2. The Hall–Kier alpha value is -3.45. The maximum atomic E-state index is 13.7. The topological polar surface area (TPSA) is 69.9 Å². The van der Waals surface area contributed by atoms with Gasteiger partial charge in [-0.15, -0.1) is 0 Å². The Balaban J connectivity index is 2.02. The lowest BCUT2D eigenvalue weighted by Gasteiger charge is -2.26. The summed E-state index contributed by atoms with van der Waals surface area (Å²) in [4.78, 5) is 32.3. The molecular formula is C27H28N2O4S. The predicted octanol–water partition coefficient (Wildman–Crippen LogP) is 3.90. The van der Waals surface area contributed by atoms with Gasteiger partial charge < -0.3 is 9.47 Å². The first-order valence-corrected chi connectivity index (χ1v) is 12.2. The van der Waals surface area contributed by atoms with Gasteiger partial charge in [0.1, 0.15) is 11.8 Å². The van der Waals surface area contributed by atoms with Crippen molar-refractivity contribution in [1.82, 2.24) is 4.57 Å². The molecule has 0 saturated carbocycles. The average molecular weight is 477 g/mol. The lowest BCUT2D eigenvalue weighted by atomic mass is 9.93. The number of esters is 1. The van der Waals surface area contributed by atoms with Gasteiger partial charge in [0.15, 0.2) is 4.80 Å². The van der Waals surface area contributed by atoms with Crippen LogP contribution in [0.3, 0.4) is 0 Å². The molecule has 7 heteroatoms. The van der Waals surface area contributed by atoms with Crippen LogP contribution in [-0.4, -0.2) is 24.3 Å². The predicted molar refractivity (Wildman–Crippen MR) is 134 cm³/mol. The van der Waals surface area contributed by atoms with Crippen LogP contribution in [0.15, 0.2) is 69.6 Å². The summed E-state index contributed by atoms with van der Waals surface area (Å²) in [5.41, 5.74) is 3.65. The molecular weight excluding hydrogens is 448 g/mol. The van der Waals surface area contributed by atoms with Gasteiger partial charge in [0.05, 0.1) is 29.5 Å². The second-order valence-electron chi connectivity index (χ2n) is 8.07. The van der Waals surface area contributed by atoms with Crippen LogP contribution in [0.25, 0.3) is 6.08 Å². The van der Waals surface area contributed by atoms with E-state index in [1.54, 1.807) is 18.6 Å². The van der Waals surface area contributed by atoms with Crippen molar-refractivity contribution in [1.29, 1.82) is 0 Å². The van der Waals surface area contributed by atoms with E-state index < -0.39 is 12.0 Å². The minimum atomic E-state index is -0.687. The summed E-state index contributed by atoms with van der Waals surface area (Å²) < 4.78 is 13.2. The van der Waals surface area contributed by atoms with Crippen molar-refractivity contribution in [2.24, 2.45) is 4.99 Å². The number of nitrogens with zero attached hydrogens (tertiary/aromatic N) is 2. The van der Waals surface area contributed by atoms with E-state index in [-0.39, 0.29) is 12.2 Å². The summed E-state index contributed by atoms with van der Waals surface area (Å²) in [5.74, 6) is 0.138. The van der Waals surface area contributed by atoms with E-state index in [0.29, 0.717) is 32.8 Å². The highest BCUT2D eigenvalue weighted by molar-refractivity contribution is 7.07. The summed E-state index contributed by atoms with van der Waals surface area (Å²) >= 11 is 1.33. The van der Waals surface area contributed by atoms with Crippen molar-refractivity contribution in [3.8, 4) is 5.75 Å². The molecule has 0 aliphatic carbocycles. The van der Waals surface area contributed by atoms with Gasteiger partial charge in [0.2, 0.25) is 0 Å². The number of para-hydroxylation sites is 1. The van der Waals surface area contributed by atoms with Crippen LogP contribution in [0.1, 0.15) is 49.4 Å². The fraction of sp³-hybridized carbons (Fsp3) is 0.296. The SMILES string of the molecule is CCCC1=C(C(=O)OCC)C(c2ccccc2OC)n2c(s/c(=C\c3ccc(C)cc3)c2=O)=N1. The number of hydrogen-bond acceptors (Lipinski definition) is 6. The first-order valence-electron chi connectivity index (χ1n) is 11.4. The zero-order valence-electron chi connectivity index (χ0n) is 19.8. The Morgan fingerprint density at radius 2 is 1.88 bits per heavy atom. The largest absolute Gasteiger partial charge is 0.496 e. The van der Waals surface area contributed by atoms with Crippen molar-refractivity contribution >= 4 is 23.4 Å². The molecule has 0 saturated heterocycles. The number of hydrogen-bond donors (Lipinski definition) is 0. The van der Waals surface area contributed by atoms with Crippen LogP contribution >= 0.6 is 11.3 Å². The third kappa shape index (κ3) is 4.48. The number of carbonyl (C=O) groups excluding carboxylic acids is 1. The van der Waals surface area contributed by atoms with Crippen molar-refractivity contribution < 1.29 is 14.3 Å². The molecule has 4 rings (SSSR count). The van der Waals surface area contributed by atoms with Crippen molar-refractivity contribution in [3.05, 3.63) is 96.2 Å². The molecule has 0 radical (unpaired) electrons. The van der Waals surface area contributed by atoms with E-state index in [2.05, 4.69) is 0 Å². The van der Waals surface area contributed by atoms with Crippen molar-refractivity contribution in [2.75, 3.05) is 13.7 Å². The molecule has 0 amide bonds. The number of aryl methyl sites for hydroxylation is 1. The minimum absolute atomic E-state index is 0.197. The summed E-state index contributed by atoms with van der Waals surface area (Å²) in [6.45, 7) is 6.07. The number of aromatic nitrogens is 1. The van der Waals surface area contributed by atoms with Crippen molar-refractivity contribution in [2.45, 2.75) is 39.7 Å². The van der Waals surface area contributed by atoms with Gasteiger partial charge in [-0.1, -0.05) is 72.7 Å². The number of fused-ring (bicyclic) bond motifs is 1.